The number of carbonyl (C=O) groups is 2. The van der Waals surface area contributed by atoms with Crippen LogP contribution >= 0.6 is 0 Å². The Morgan fingerprint density at radius 3 is 2.86 bits per heavy atom. The molecule has 8 rings (SSSR count). The molecular weight excluding hydrogens is 530 g/mol. The van der Waals surface area contributed by atoms with Crippen LogP contribution in [0.15, 0.2) is 60.8 Å². The Kier molecular flexibility index (Phi) is 5.76. The van der Waals surface area contributed by atoms with E-state index >= 15 is 0 Å². The molecule has 9 heteroatoms. The molecule has 3 aromatic rings. The molecule has 4 aliphatic heterocycles. The van der Waals surface area contributed by atoms with Gasteiger partial charge in [0.25, 0.3) is 5.91 Å². The van der Waals surface area contributed by atoms with E-state index in [2.05, 4.69) is 52.7 Å². The lowest BCUT2D eigenvalue weighted by Gasteiger charge is -2.49. The number of rotatable bonds is 4. The van der Waals surface area contributed by atoms with Crippen molar-refractivity contribution in [3.8, 4) is 0 Å². The molecule has 0 spiro atoms. The van der Waals surface area contributed by atoms with Gasteiger partial charge in [0.15, 0.2) is 5.72 Å². The molecule has 9 nitrogen and oxygen atoms in total. The number of nitrogens with one attached hydrogen (secondary N) is 2. The van der Waals surface area contributed by atoms with Crippen LogP contribution in [0.2, 0.25) is 0 Å². The second kappa shape index (κ2) is 9.25. The SMILES string of the molecule is CN1C[C@H](C(=O)N[C@@]2(C)CN3[C@@H](Cc4ccccc4)C(=O)N4CCC[C@H]4[C@]3(O)O2)C=C2c3cccc4[nH]cc(c34)C[C@H]21. The Hall–Kier alpha value is -3.50. The molecular formula is C33H37N5O4. The Balaban J connectivity index is 1.08. The Morgan fingerprint density at radius 2 is 2.02 bits per heavy atom. The van der Waals surface area contributed by atoms with E-state index < -0.39 is 23.7 Å². The minimum Gasteiger partial charge on any atom is -0.361 e. The fraction of sp³-hybridized carbons (Fsp3) is 0.455. The summed E-state index contributed by atoms with van der Waals surface area (Å²) in [7, 11) is 2.08. The number of aromatic nitrogens is 1. The summed E-state index contributed by atoms with van der Waals surface area (Å²) in [4.78, 5) is 36.9. The third-order valence-corrected chi connectivity index (χ3v) is 10.2. The van der Waals surface area contributed by atoms with Crippen LogP contribution in [0.3, 0.4) is 0 Å². The minimum absolute atomic E-state index is 0.0190. The van der Waals surface area contributed by atoms with Crippen molar-refractivity contribution in [2.45, 2.75) is 62.4 Å². The van der Waals surface area contributed by atoms with Gasteiger partial charge < -0.3 is 25.0 Å². The number of benzene rings is 2. The Bertz CT molecular complexity index is 1620. The normalized spacial score (nSPS) is 34.2. The van der Waals surface area contributed by atoms with Crippen molar-refractivity contribution in [2.75, 3.05) is 26.7 Å². The van der Waals surface area contributed by atoms with Crippen molar-refractivity contribution in [1.82, 2.24) is 25.0 Å². The largest absolute Gasteiger partial charge is 0.361 e. The molecule has 2 aromatic carbocycles. The molecule has 0 bridgehead atoms. The molecule has 1 aromatic heterocycles. The zero-order valence-electron chi connectivity index (χ0n) is 24.0. The number of nitrogens with zero attached hydrogens (tertiary/aromatic N) is 3. The minimum atomic E-state index is -1.66. The van der Waals surface area contributed by atoms with Crippen molar-refractivity contribution in [2.24, 2.45) is 5.92 Å². The van der Waals surface area contributed by atoms with Crippen molar-refractivity contribution in [3.63, 3.8) is 0 Å². The summed E-state index contributed by atoms with van der Waals surface area (Å²) in [6.45, 7) is 3.23. The number of amides is 2. The zero-order chi connectivity index (χ0) is 28.8. The van der Waals surface area contributed by atoms with E-state index in [9.17, 15) is 14.7 Å². The number of fused-ring (bicyclic) bond motifs is 5. The number of likely N-dealkylation sites (N-methyl/N-ethyl adjacent to an activating group) is 1. The molecule has 5 heterocycles. The molecule has 0 unspecified atom stereocenters. The maximum Gasteiger partial charge on any atom is 0.252 e. The average molecular weight is 568 g/mol. The van der Waals surface area contributed by atoms with Crippen molar-refractivity contribution in [1.29, 1.82) is 0 Å². The van der Waals surface area contributed by atoms with Gasteiger partial charge in [-0.1, -0.05) is 48.5 Å². The first kappa shape index (κ1) is 26.2. The van der Waals surface area contributed by atoms with Crippen molar-refractivity contribution >= 4 is 28.3 Å². The lowest BCUT2D eigenvalue weighted by molar-refractivity contribution is -0.315. The van der Waals surface area contributed by atoms with E-state index in [0.29, 0.717) is 25.9 Å². The molecule has 0 saturated carbocycles. The van der Waals surface area contributed by atoms with E-state index in [-0.39, 0.29) is 30.3 Å². The Morgan fingerprint density at radius 1 is 1.19 bits per heavy atom. The molecule has 3 fully saturated rings. The third-order valence-electron chi connectivity index (χ3n) is 10.2. The summed E-state index contributed by atoms with van der Waals surface area (Å²) >= 11 is 0. The highest BCUT2D eigenvalue weighted by atomic mass is 16.7. The smallest absolute Gasteiger partial charge is 0.252 e. The number of aromatic amines is 1. The predicted octanol–water partition coefficient (Wildman–Crippen LogP) is 2.46. The fourth-order valence-electron chi connectivity index (χ4n) is 8.27. The molecule has 1 aliphatic carbocycles. The monoisotopic (exact) mass is 567 g/mol. The number of hydrogen-bond donors (Lipinski definition) is 3. The van der Waals surface area contributed by atoms with Crippen LogP contribution in [0, 0.1) is 5.92 Å². The van der Waals surface area contributed by atoms with Gasteiger partial charge in [0.1, 0.15) is 6.04 Å². The van der Waals surface area contributed by atoms with Crippen LogP contribution in [0.5, 0.6) is 0 Å². The van der Waals surface area contributed by atoms with Gasteiger partial charge in [0.05, 0.1) is 18.5 Å². The number of H-pyrrole nitrogens is 1. The Labute approximate surface area is 245 Å². The van der Waals surface area contributed by atoms with Crippen LogP contribution < -0.4 is 5.32 Å². The fourth-order valence-corrected chi connectivity index (χ4v) is 8.27. The predicted molar refractivity (Wildman–Crippen MR) is 158 cm³/mol. The van der Waals surface area contributed by atoms with E-state index in [1.165, 1.54) is 22.1 Å². The molecule has 6 atom stereocenters. The number of carbonyl (C=O) groups excluding carboxylic acids is 2. The van der Waals surface area contributed by atoms with Crippen LogP contribution in [0.25, 0.3) is 16.5 Å². The van der Waals surface area contributed by atoms with Crippen LogP contribution in [-0.2, 0) is 27.2 Å². The first-order chi connectivity index (χ1) is 20.2. The summed E-state index contributed by atoms with van der Waals surface area (Å²) < 4.78 is 6.47. The number of aliphatic hydroxyl groups is 1. The third kappa shape index (κ3) is 3.84. The topological polar surface area (TPSA) is 101 Å². The summed E-state index contributed by atoms with van der Waals surface area (Å²) in [6.07, 6.45) is 7.09. The molecule has 2 amide bonds. The van der Waals surface area contributed by atoms with Crippen molar-refractivity contribution in [3.05, 3.63) is 77.5 Å². The average Bonchev–Trinajstić information content (AvgIpc) is 3.70. The summed E-state index contributed by atoms with van der Waals surface area (Å²) in [5.41, 5.74) is 4.66. The highest BCUT2D eigenvalue weighted by molar-refractivity contribution is 5.99. The maximum atomic E-state index is 13.9. The highest BCUT2D eigenvalue weighted by Gasteiger charge is 2.65. The molecule has 218 valence electrons. The lowest BCUT2D eigenvalue weighted by atomic mass is 9.79. The number of hydrogen-bond acceptors (Lipinski definition) is 6. The van der Waals surface area contributed by atoms with Gasteiger partial charge in [0.2, 0.25) is 11.8 Å². The molecule has 0 radical (unpaired) electrons. The maximum absolute atomic E-state index is 13.9. The van der Waals surface area contributed by atoms with E-state index in [0.717, 1.165) is 23.9 Å². The first-order valence-corrected chi connectivity index (χ1v) is 15.1. The van der Waals surface area contributed by atoms with Gasteiger partial charge in [-0.3, -0.25) is 14.5 Å². The van der Waals surface area contributed by atoms with Gasteiger partial charge in [-0.2, -0.15) is 0 Å². The highest BCUT2D eigenvalue weighted by Crippen LogP contribution is 2.45. The van der Waals surface area contributed by atoms with E-state index in [1.807, 2.05) is 37.3 Å². The lowest BCUT2D eigenvalue weighted by Crippen LogP contribution is -2.70. The van der Waals surface area contributed by atoms with Gasteiger partial charge in [-0.25, -0.2) is 4.90 Å². The van der Waals surface area contributed by atoms with E-state index in [4.69, 9.17) is 4.74 Å². The van der Waals surface area contributed by atoms with Crippen LogP contribution in [-0.4, -0.2) is 93.0 Å². The quantitative estimate of drug-likeness (QED) is 0.448. The zero-order valence-corrected chi connectivity index (χ0v) is 24.0. The molecule has 5 aliphatic rings. The molecule has 42 heavy (non-hydrogen) atoms. The standard InChI is InChI=1S/C33H37N5O4/c1-32(19-38-27(14-20-8-4-3-5-9-20)31(40)37-13-7-12-28(37)33(38,41)42-32)35-30(39)22-15-24-23-10-6-11-25-29(23)21(17-34-25)16-26(24)36(2)18-22/h3-6,8-11,15,17,22,26-28,34,41H,7,12-14,16,18-19H2,1-2H3,(H,35,39)/t22-,26-,27+,28+,32-,33+/m1/s1. The second-order valence-corrected chi connectivity index (χ2v) is 12.9. The number of ether oxygens (including phenoxy) is 1. The first-order valence-electron chi connectivity index (χ1n) is 15.1. The van der Waals surface area contributed by atoms with Gasteiger partial charge in [0, 0.05) is 36.2 Å². The van der Waals surface area contributed by atoms with E-state index in [1.54, 1.807) is 9.80 Å². The number of piperazine rings is 1. The second-order valence-electron chi connectivity index (χ2n) is 12.9. The van der Waals surface area contributed by atoms with Crippen molar-refractivity contribution < 1.29 is 19.4 Å². The van der Waals surface area contributed by atoms with Gasteiger partial charge in [-0.15, -0.1) is 0 Å². The molecule has 3 saturated heterocycles. The summed E-state index contributed by atoms with van der Waals surface area (Å²) in [6, 6.07) is 15.4. The van der Waals surface area contributed by atoms with Crippen LogP contribution in [0.4, 0.5) is 0 Å². The van der Waals surface area contributed by atoms with Crippen LogP contribution in [0.1, 0.15) is 36.5 Å². The molecule has 3 N–H and O–H groups in total. The summed E-state index contributed by atoms with van der Waals surface area (Å²) in [5.74, 6) is -2.16. The van der Waals surface area contributed by atoms with Gasteiger partial charge in [-0.05, 0) is 68.0 Å². The summed E-state index contributed by atoms with van der Waals surface area (Å²) in [5, 5.41) is 16.5. The van der Waals surface area contributed by atoms with Gasteiger partial charge >= 0.3 is 0 Å².